The summed E-state index contributed by atoms with van der Waals surface area (Å²) in [4.78, 5) is 10.6. The highest BCUT2D eigenvalue weighted by atomic mass is 35.5. The maximum absolute atomic E-state index is 11.1. The van der Waals surface area contributed by atoms with Crippen molar-refractivity contribution in [3.8, 4) is 11.5 Å². The molecule has 0 unspecified atom stereocenters. The van der Waals surface area contributed by atoms with E-state index in [1.165, 1.54) is 12.1 Å². The first kappa shape index (κ1) is 17.0. The number of anilines is 1. The fourth-order valence-electron chi connectivity index (χ4n) is 1.79. The summed E-state index contributed by atoms with van der Waals surface area (Å²) in [6, 6.07) is 11.1. The minimum Gasteiger partial charge on any atom is -0.457 e. The van der Waals surface area contributed by atoms with Crippen LogP contribution in [-0.4, -0.2) is 16.6 Å². The highest BCUT2D eigenvalue weighted by Crippen LogP contribution is 2.30. The molecule has 0 saturated carbocycles. The lowest BCUT2D eigenvalue weighted by Gasteiger charge is -2.11. The van der Waals surface area contributed by atoms with E-state index in [1.807, 2.05) is 6.92 Å². The molecule has 0 atom stereocenters. The molecule has 0 aromatic heterocycles. The van der Waals surface area contributed by atoms with Gasteiger partial charge in [-0.3, -0.25) is 10.1 Å². The summed E-state index contributed by atoms with van der Waals surface area (Å²) in [7, 11) is 0. The first-order valence-corrected chi connectivity index (χ1v) is 7.54. The average Bonchev–Trinajstić information content (AvgIpc) is 2.49. The van der Waals surface area contributed by atoms with Crippen LogP contribution in [0.2, 0.25) is 5.02 Å². The standard InChI is InChI=1S/C15H14ClN3O3S/c1-2-17-15(23)18-11-7-12(19(20)21)9-14(8-11)22-13-5-3-10(16)4-6-13/h3-9H,2H2,1H3,(H2,17,18,23). The number of nitrogens with zero attached hydrogens (tertiary/aromatic N) is 1. The molecule has 2 aromatic carbocycles. The number of benzene rings is 2. The van der Waals surface area contributed by atoms with Gasteiger partial charge in [-0.2, -0.15) is 0 Å². The minimum atomic E-state index is -0.490. The fourth-order valence-corrected chi connectivity index (χ4v) is 2.18. The van der Waals surface area contributed by atoms with Crippen molar-refractivity contribution in [2.24, 2.45) is 0 Å². The molecule has 2 N–H and O–H groups in total. The van der Waals surface area contributed by atoms with E-state index in [0.717, 1.165) is 0 Å². The lowest BCUT2D eigenvalue weighted by atomic mass is 10.2. The highest BCUT2D eigenvalue weighted by molar-refractivity contribution is 7.80. The van der Waals surface area contributed by atoms with Gasteiger partial charge in [-0.1, -0.05) is 11.6 Å². The van der Waals surface area contributed by atoms with E-state index in [-0.39, 0.29) is 5.69 Å². The van der Waals surface area contributed by atoms with E-state index in [2.05, 4.69) is 10.6 Å². The van der Waals surface area contributed by atoms with Crippen LogP contribution in [0, 0.1) is 10.1 Å². The molecule has 0 bridgehead atoms. The van der Waals surface area contributed by atoms with Gasteiger partial charge < -0.3 is 15.4 Å². The molecule has 0 amide bonds. The molecule has 6 nitrogen and oxygen atoms in total. The first-order chi connectivity index (χ1) is 11.0. The van der Waals surface area contributed by atoms with Gasteiger partial charge in [0.15, 0.2) is 5.11 Å². The lowest BCUT2D eigenvalue weighted by molar-refractivity contribution is -0.384. The van der Waals surface area contributed by atoms with Gasteiger partial charge in [0.1, 0.15) is 11.5 Å². The van der Waals surface area contributed by atoms with Gasteiger partial charge in [-0.25, -0.2) is 0 Å². The van der Waals surface area contributed by atoms with E-state index in [9.17, 15) is 10.1 Å². The molecule has 0 aliphatic carbocycles. The number of nitro benzene ring substituents is 1. The second-order valence-corrected chi connectivity index (χ2v) is 5.36. The van der Waals surface area contributed by atoms with E-state index in [1.54, 1.807) is 30.3 Å². The predicted molar refractivity (Wildman–Crippen MR) is 94.5 cm³/mol. The summed E-state index contributed by atoms with van der Waals surface area (Å²) in [6.45, 7) is 2.55. The van der Waals surface area contributed by atoms with Crippen LogP contribution in [0.3, 0.4) is 0 Å². The van der Waals surface area contributed by atoms with E-state index in [4.69, 9.17) is 28.6 Å². The Hall–Kier alpha value is -2.38. The Morgan fingerprint density at radius 2 is 1.96 bits per heavy atom. The van der Waals surface area contributed by atoms with Crippen LogP contribution in [-0.2, 0) is 0 Å². The smallest absolute Gasteiger partial charge is 0.275 e. The van der Waals surface area contributed by atoms with Gasteiger partial charge in [-0.15, -0.1) is 0 Å². The van der Waals surface area contributed by atoms with Crippen LogP contribution in [0.4, 0.5) is 11.4 Å². The number of rotatable bonds is 5. The van der Waals surface area contributed by atoms with Gasteiger partial charge in [0.2, 0.25) is 0 Å². The molecule has 0 aliphatic heterocycles. The molecule has 2 aromatic rings. The molecule has 8 heteroatoms. The minimum absolute atomic E-state index is 0.0988. The van der Waals surface area contributed by atoms with Crippen molar-refractivity contribution < 1.29 is 9.66 Å². The molecule has 0 saturated heterocycles. The maximum atomic E-state index is 11.1. The number of nitrogens with one attached hydrogen (secondary N) is 2. The van der Waals surface area contributed by atoms with Crippen LogP contribution in [0.5, 0.6) is 11.5 Å². The number of nitro groups is 1. The van der Waals surface area contributed by atoms with Gasteiger partial charge in [-0.05, 0) is 43.4 Å². The van der Waals surface area contributed by atoms with Gasteiger partial charge in [0, 0.05) is 23.7 Å². The molecule has 0 heterocycles. The number of hydrogen-bond donors (Lipinski definition) is 2. The Morgan fingerprint density at radius 3 is 2.57 bits per heavy atom. The SMILES string of the molecule is CCNC(=S)Nc1cc(Oc2ccc(Cl)cc2)cc([N+](=O)[O-])c1. The first-order valence-electron chi connectivity index (χ1n) is 6.75. The van der Waals surface area contributed by atoms with Crippen LogP contribution in [0.15, 0.2) is 42.5 Å². The molecule has 0 radical (unpaired) electrons. The molecule has 2 rings (SSSR count). The highest BCUT2D eigenvalue weighted by Gasteiger charge is 2.12. The largest absolute Gasteiger partial charge is 0.457 e. The van der Waals surface area contributed by atoms with E-state index < -0.39 is 4.92 Å². The Balaban J connectivity index is 2.27. The zero-order valence-corrected chi connectivity index (χ0v) is 13.8. The summed E-state index contributed by atoms with van der Waals surface area (Å²) in [5.41, 5.74) is 0.368. The van der Waals surface area contributed by atoms with Crippen LogP contribution in [0.1, 0.15) is 6.92 Å². The third kappa shape index (κ3) is 5.08. The van der Waals surface area contributed by atoms with Crippen molar-refractivity contribution in [2.45, 2.75) is 6.92 Å². The zero-order valence-electron chi connectivity index (χ0n) is 12.2. The lowest BCUT2D eigenvalue weighted by Crippen LogP contribution is -2.27. The monoisotopic (exact) mass is 351 g/mol. The van der Waals surface area contributed by atoms with Crippen molar-refractivity contribution in [3.05, 3.63) is 57.6 Å². The van der Waals surface area contributed by atoms with Crippen molar-refractivity contribution in [3.63, 3.8) is 0 Å². The molecular formula is C15H14ClN3O3S. The molecule has 0 fully saturated rings. The summed E-state index contributed by atoms with van der Waals surface area (Å²) in [5.74, 6) is 0.846. The molecule has 120 valence electrons. The average molecular weight is 352 g/mol. The van der Waals surface area contributed by atoms with Gasteiger partial charge >= 0.3 is 0 Å². The zero-order chi connectivity index (χ0) is 16.8. The second kappa shape index (κ2) is 7.75. The third-order valence-corrected chi connectivity index (χ3v) is 3.25. The summed E-state index contributed by atoms with van der Waals surface area (Å²) in [5, 5.41) is 17.8. The van der Waals surface area contributed by atoms with Gasteiger partial charge in [0.25, 0.3) is 5.69 Å². The summed E-state index contributed by atoms with van der Waals surface area (Å²) >= 11 is 10.9. The second-order valence-electron chi connectivity index (χ2n) is 4.51. The molecule has 23 heavy (non-hydrogen) atoms. The normalized spacial score (nSPS) is 10.0. The third-order valence-electron chi connectivity index (χ3n) is 2.75. The van der Waals surface area contributed by atoms with E-state index in [0.29, 0.717) is 33.9 Å². The molecule has 0 aliphatic rings. The number of hydrogen-bond acceptors (Lipinski definition) is 4. The Labute approximate surface area is 143 Å². The maximum Gasteiger partial charge on any atom is 0.275 e. The van der Waals surface area contributed by atoms with Crippen molar-refractivity contribution in [1.29, 1.82) is 0 Å². The van der Waals surface area contributed by atoms with Crippen LogP contribution in [0.25, 0.3) is 0 Å². The Morgan fingerprint density at radius 1 is 1.26 bits per heavy atom. The Kier molecular flexibility index (Phi) is 5.72. The quantitative estimate of drug-likeness (QED) is 0.474. The molecule has 0 spiro atoms. The number of non-ortho nitro benzene ring substituents is 1. The summed E-state index contributed by atoms with van der Waals surface area (Å²) < 4.78 is 5.64. The van der Waals surface area contributed by atoms with Gasteiger partial charge in [0.05, 0.1) is 16.7 Å². The predicted octanol–water partition coefficient (Wildman–Crippen LogP) is 4.35. The van der Waals surface area contributed by atoms with E-state index >= 15 is 0 Å². The topological polar surface area (TPSA) is 76.4 Å². The molecular weight excluding hydrogens is 338 g/mol. The summed E-state index contributed by atoms with van der Waals surface area (Å²) in [6.07, 6.45) is 0. The number of ether oxygens (including phenoxy) is 1. The van der Waals surface area contributed by atoms with Crippen molar-refractivity contribution in [1.82, 2.24) is 5.32 Å². The fraction of sp³-hybridized carbons (Fsp3) is 0.133. The number of thiocarbonyl (C=S) groups is 1. The Bertz CT molecular complexity index is 722. The van der Waals surface area contributed by atoms with Crippen LogP contribution < -0.4 is 15.4 Å². The van der Waals surface area contributed by atoms with Crippen molar-refractivity contribution in [2.75, 3.05) is 11.9 Å². The number of halogens is 1. The van der Waals surface area contributed by atoms with Crippen molar-refractivity contribution >= 4 is 40.3 Å². The van der Waals surface area contributed by atoms with Crippen LogP contribution >= 0.6 is 23.8 Å².